The summed E-state index contributed by atoms with van der Waals surface area (Å²) in [6.07, 6.45) is 8.25. The maximum atomic E-state index is 12.8. The van der Waals surface area contributed by atoms with Crippen LogP contribution in [0.3, 0.4) is 0 Å². The van der Waals surface area contributed by atoms with Crippen molar-refractivity contribution in [2.45, 2.75) is 51.6 Å². The van der Waals surface area contributed by atoms with Crippen molar-refractivity contribution in [3.05, 3.63) is 25.3 Å². The predicted molar refractivity (Wildman–Crippen MR) is 101 cm³/mol. The fourth-order valence-corrected chi connectivity index (χ4v) is 4.13. The summed E-state index contributed by atoms with van der Waals surface area (Å²) in [4.78, 5) is 19.9. The van der Waals surface area contributed by atoms with Crippen LogP contribution in [0.1, 0.15) is 39.5 Å². The van der Waals surface area contributed by atoms with E-state index in [0.717, 1.165) is 25.9 Å². The third kappa shape index (κ3) is 4.93. The van der Waals surface area contributed by atoms with Crippen molar-refractivity contribution in [2.24, 2.45) is 5.92 Å². The number of carbonyl (C=O) groups excluding carboxylic acids is 1. The van der Waals surface area contributed by atoms with Crippen LogP contribution in [0.4, 0.5) is 0 Å². The Bertz CT molecular complexity index is 417. The van der Waals surface area contributed by atoms with Crippen LogP contribution < -0.4 is 0 Å². The van der Waals surface area contributed by atoms with Gasteiger partial charge in [0.2, 0.25) is 5.91 Å². The Hall–Kier alpha value is -1.13. The highest BCUT2D eigenvalue weighted by Crippen LogP contribution is 2.25. The summed E-state index contributed by atoms with van der Waals surface area (Å²) in [7, 11) is 0. The van der Waals surface area contributed by atoms with Crippen molar-refractivity contribution in [1.82, 2.24) is 14.7 Å². The van der Waals surface area contributed by atoms with Gasteiger partial charge in [-0.05, 0) is 59.2 Å². The molecule has 2 aliphatic rings. The maximum Gasteiger partial charge on any atom is 0.227 e. The van der Waals surface area contributed by atoms with Gasteiger partial charge in [0, 0.05) is 31.7 Å². The lowest BCUT2D eigenvalue weighted by molar-refractivity contribution is -0.136. The minimum Gasteiger partial charge on any atom is -0.335 e. The minimum atomic E-state index is 0.141. The van der Waals surface area contributed by atoms with Crippen molar-refractivity contribution in [1.29, 1.82) is 0 Å². The first kappa shape index (κ1) is 19.2. The fraction of sp³-hybridized carbons (Fsp3) is 0.750. The zero-order chi connectivity index (χ0) is 17.5. The third-order valence-electron chi connectivity index (χ3n) is 5.56. The van der Waals surface area contributed by atoms with Crippen molar-refractivity contribution in [3.63, 3.8) is 0 Å². The van der Waals surface area contributed by atoms with Crippen LogP contribution in [0.2, 0.25) is 0 Å². The largest absolute Gasteiger partial charge is 0.335 e. The Morgan fingerprint density at radius 3 is 2.29 bits per heavy atom. The van der Waals surface area contributed by atoms with Crippen LogP contribution in [0.15, 0.2) is 25.3 Å². The first-order valence-corrected chi connectivity index (χ1v) is 9.55. The number of piperidine rings is 2. The van der Waals surface area contributed by atoms with Crippen LogP contribution in [0, 0.1) is 5.92 Å². The zero-order valence-corrected chi connectivity index (χ0v) is 15.6. The van der Waals surface area contributed by atoms with Gasteiger partial charge in [0.25, 0.3) is 0 Å². The summed E-state index contributed by atoms with van der Waals surface area (Å²) in [5.41, 5.74) is 0. The number of hydrogen-bond donors (Lipinski definition) is 0. The van der Waals surface area contributed by atoms with E-state index in [9.17, 15) is 4.79 Å². The second kappa shape index (κ2) is 9.38. The molecule has 0 radical (unpaired) electrons. The van der Waals surface area contributed by atoms with E-state index >= 15 is 0 Å². The lowest BCUT2D eigenvalue weighted by Gasteiger charge is -2.43. The van der Waals surface area contributed by atoms with Gasteiger partial charge in [-0.15, -0.1) is 13.2 Å². The van der Waals surface area contributed by atoms with Crippen LogP contribution in [0.25, 0.3) is 0 Å². The third-order valence-corrected chi connectivity index (χ3v) is 5.56. The number of nitrogens with zero attached hydrogens (tertiary/aromatic N) is 3. The highest BCUT2D eigenvalue weighted by atomic mass is 16.2. The molecular formula is C20H35N3O. The SMILES string of the molecule is C=CCN(CC=C)C(=O)C1CCCN(C2CCN(C(C)C)CC2)C1. The number of hydrogen-bond acceptors (Lipinski definition) is 3. The molecule has 2 fully saturated rings. The molecule has 0 bridgehead atoms. The van der Waals surface area contributed by atoms with Gasteiger partial charge in [-0.25, -0.2) is 0 Å². The molecule has 1 atom stereocenters. The molecule has 24 heavy (non-hydrogen) atoms. The molecule has 2 saturated heterocycles. The predicted octanol–water partition coefficient (Wildman–Crippen LogP) is 2.77. The molecule has 136 valence electrons. The molecular weight excluding hydrogens is 298 g/mol. The van der Waals surface area contributed by atoms with Crippen molar-refractivity contribution in [2.75, 3.05) is 39.3 Å². The molecule has 4 heteroatoms. The number of rotatable bonds is 7. The van der Waals surface area contributed by atoms with Gasteiger partial charge in [-0.3, -0.25) is 9.69 Å². The van der Waals surface area contributed by atoms with E-state index < -0.39 is 0 Å². The van der Waals surface area contributed by atoms with Crippen molar-refractivity contribution < 1.29 is 4.79 Å². The Morgan fingerprint density at radius 1 is 1.12 bits per heavy atom. The highest BCUT2D eigenvalue weighted by molar-refractivity contribution is 5.79. The van der Waals surface area contributed by atoms with E-state index in [1.54, 1.807) is 0 Å². The molecule has 4 nitrogen and oxygen atoms in total. The van der Waals surface area contributed by atoms with Gasteiger partial charge in [0.05, 0.1) is 5.92 Å². The molecule has 1 amide bonds. The second-order valence-electron chi connectivity index (χ2n) is 7.52. The van der Waals surface area contributed by atoms with Gasteiger partial charge < -0.3 is 9.80 Å². The van der Waals surface area contributed by atoms with E-state index in [4.69, 9.17) is 0 Å². The standard InChI is InChI=1S/C20H35N3O/c1-5-11-22(12-6-2)20(24)18-8-7-13-23(16-18)19-9-14-21(15-10-19)17(3)4/h5-6,17-19H,1-2,7-16H2,3-4H3. The Morgan fingerprint density at radius 2 is 1.75 bits per heavy atom. The first-order chi connectivity index (χ1) is 11.6. The summed E-state index contributed by atoms with van der Waals surface area (Å²) in [5, 5.41) is 0. The maximum absolute atomic E-state index is 12.8. The number of carbonyl (C=O) groups is 1. The quantitative estimate of drug-likeness (QED) is 0.670. The van der Waals surface area contributed by atoms with Crippen LogP contribution >= 0.6 is 0 Å². The van der Waals surface area contributed by atoms with E-state index in [1.165, 1.54) is 25.9 Å². The lowest BCUT2D eigenvalue weighted by atomic mass is 9.92. The van der Waals surface area contributed by atoms with Crippen LogP contribution in [-0.4, -0.2) is 72.0 Å². The minimum absolute atomic E-state index is 0.141. The summed E-state index contributed by atoms with van der Waals surface area (Å²) < 4.78 is 0. The van der Waals surface area contributed by atoms with E-state index in [1.807, 2.05) is 17.1 Å². The van der Waals surface area contributed by atoms with Gasteiger partial charge >= 0.3 is 0 Å². The van der Waals surface area contributed by atoms with Crippen molar-refractivity contribution >= 4 is 5.91 Å². The summed E-state index contributed by atoms with van der Waals surface area (Å²) in [5.74, 6) is 0.417. The summed E-state index contributed by atoms with van der Waals surface area (Å²) in [6.45, 7) is 17.8. The number of amides is 1. The Balaban J connectivity index is 1.90. The van der Waals surface area contributed by atoms with E-state index in [2.05, 4.69) is 36.8 Å². The molecule has 0 saturated carbocycles. The molecule has 2 heterocycles. The van der Waals surface area contributed by atoms with Gasteiger partial charge in [-0.2, -0.15) is 0 Å². The van der Waals surface area contributed by atoms with Crippen molar-refractivity contribution in [3.8, 4) is 0 Å². The van der Waals surface area contributed by atoms with E-state index in [0.29, 0.717) is 25.2 Å². The Labute approximate surface area is 148 Å². The monoisotopic (exact) mass is 333 g/mol. The fourth-order valence-electron chi connectivity index (χ4n) is 4.13. The molecule has 0 aromatic rings. The lowest BCUT2D eigenvalue weighted by Crippen LogP contribution is -2.52. The average Bonchev–Trinajstić information content (AvgIpc) is 2.61. The van der Waals surface area contributed by atoms with Gasteiger partial charge in [-0.1, -0.05) is 12.2 Å². The smallest absolute Gasteiger partial charge is 0.227 e. The number of likely N-dealkylation sites (tertiary alicyclic amines) is 2. The highest BCUT2D eigenvalue weighted by Gasteiger charge is 2.33. The molecule has 0 aromatic heterocycles. The average molecular weight is 334 g/mol. The van der Waals surface area contributed by atoms with Gasteiger partial charge in [0.1, 0.15) is 0 Å². The van der Waals surface area contributed by atoms with Crippen LogP contribution in [-0.2, 0) is 4.79 Å². The molecule has 2 aliphatic heterocycles. The molecule has 0 spiro atoms. The van der Waals surface area contributed by atoms with Gasteiger partial charge in [0.15, 0.2) is 0 Å². The molecule has 0 N–H and O–H groups in total. The normalized spacial score (nSPS) is 24.0. The summed E-state index contributed by atoms with van der Waals surface area (Å²) in [6, 6.07) is 1.30. The molecule has 0 aliphatic carbocycles. The van der Waals surface area contributed by atoms with E-state index in [-0.39, 0.29) is 11.8 Å². The summed E-state index contributed by atoms with van der Waals surface area (Å²) >= 11 is 0. The first-order valence-electron chi connectivity index (χ1n) is 9.55. The Kier molecular flexibility index (Phi) is 7.50. The second-order valence-corrected chi connectivity index (χ2v) is 7.52. The molecule has 2 rings (SSSR count). The zero-order valence-electron chi connectivity index (χ0n) is 15.6. The molecule has 0 aromatic carbocycles. The topological polar surface area (TPSA) is 26.8 Å². The van der Waals surface area contributed by atoms with Crippen LogP contribution in [0.5, 0.6) is 0 Å². The molecule has 1 unspecified atom stereocenters.